The molecule has 1 fully saturated rings. The first-order valence-corrected chi connectivity index (χ1v) is 10.7. The number of pyridine rings is 2. The average molecular weight is 489 g/mol. The van der Waals surface area contributed by atoms with Crippen LogP contribution in [0.5, 0.6) is 6.01 Å². The number of hydrogen-bond acceptors (Lipinski definition) is 7. The molecule has 0 spiro atoms. The van der Waals surface area contributed by atoms with Crippen LogP contribution in [0.4, 0.5) is 0 Å². The van der Waals surface area contributed by atoms with Gasteiger partial charge in [-0.25, -0.2) is 0 Å². The van der Waals surface area contributed by atoms with Gasteiger partial charge in [-0.15, -0.1) is 0 Å². The van der Waals surface area contributed by atoms with E-state index in [1.807, 2.05) is 36.4 Å². The molecule has 0 radical (unpaired) electrons. The summed E-state index contributed by atoms with van der Waals surface area (Å²) < 4.78 is 10.3. The summed E-state index contributed by atoms with van der Waals surface area (Å²) in [5.41, 5.74) is 1.89. The van der Waals surface area contributed by atoms with Gasteiger partial charge >= 0.3 is 35.6 Å². The second-order valence-corrected chi connectivity index (χ2v) is 7.10. The smallest absolute Gasteiger partial charge is 1.00 e. The minimum atomic E-state index is 0. The van der Waals surface area contributed by atoms with E-state index in [0.717, 1.165) is 24.6 Å². The molecule has 7 nitrogen and oxygen atoms in total. The first kappa shape index (κ1) is 28.7. The number of rotatable bonds is 6. The van der Waals surface area contributed by atoms with Crippen LogP contribution in [0.15, 0.2) is 54.9 Å². The summed E-state index contributed by atoms with van der Waals surface area (Å²) in [4.78, 5) is 16.0. The van der Waals surface area contributed by atoms with Gasteiger partial charge in [-0.1, -0.05) is 35.3 Å². The molecule has 1 aliphatic heterocycles. The van der Waals surface area contributed by atoms with Crippen molar-refractivity contribution >= 4 is 23.2 Å². The number of nitrogens with zero attached hydrogens (tertiary/aromatic N) is 4. The van der Waals surface area contributed by atoms with Crippen LogP contribution in [0.25, 0.3) is 0 Å². The van der Waals surface area contributed by atoms with Gasteiger partial charge in [-0.2, -0.15) is 9.97 Å². The summed E-state index contributed by atoms with van der Waals surface area (Å²) in [6, 6.07) is 13.0. The molecule has 1 N–H and O–H groups in total. The molecule has 3 aromatic rings. The van der Waals surface area contributed by atoms with E-state index in [2.05, 4.69) is 19.9 Å². The van der Waals surface area contributed by atoms with E-state index < -0.39 is 0 Å². The maximum atomic E-state index is 8.48. The van der Waals surface area contributed by atoms with E-state index in [1.54, 1.807) is 12.4 Å². The van der Waals surface area contributed by atoms with Crippen molar-refractivity contribution in [3.05, 3.63) is 76.6 Å². The van der Waals surface area contributed by atoms with Gasteiger partial charge < -0.3 is 16.0 Å². The SMILES string of the molecule is C1CCOC1.Clc1cc(Cl)nc(OCCc2ccccn2)n1.OCCc1ccccn1.[H-].[Na+]. The Hall–Kier alpha value is -1.32. The van der Waals surface area contributed by atoms with Crippen molar-refractivity contribution in [1.82, 2.24) is 19.9 Å². The summed E-state index contributed by atoms with van der Waals surface area (Å²) in [6.45, 7) is 2.60. The molecule has 0 unspecified atom stereocenters. The Morgan fingerprint density at radius 1 is 0.906 bits per heavy atom. The third-order valence-electron chi connectivity index (χ3n) is 3.88. The normalized spacial score (nSPS) is 11.8. The van der Waals surface area contributed by atoms with Crippen molar-refractivity contribution < 1.29 is 45.6 Å². The van der Waals surface area contributed by atoms with Gasteiger partial charge in [0.1, 0.15) is 10.3 Å². The Labute approximate surface area is 222 Å². The number of aliphatic hydroxyl groups excluding tert-OH is 1. The molecule has 0 aliphatic carbocycles. The summed E-state index contributed by atoms with van der Waals surface area (Å²) >= 11 is 11.4. The van der Waals surface area contributed by atoms with Crippen molar-refractivity contribution in [3.63, 3.8) is 0 Å². The van der Waals surface area contributed by atoms with E-state index in [1.165, 1.54) is 18.9 Å². The van der Waals surface area contributed by atoms with Crippen LogP contribution in [0, 0.1) is 0 Å². The van der Waals surface area contributed by atoms with Crippen LogP contribution >= 0.6 is 23.2 Å². The predicted molar refractivity (Wildman–Crippen MR) is 122 cm³/mol. The average Bonchev–Trinajstić information content (AvgIpc) is 3.36. The number of aliphatic hydroxyl groups is 1. The number of hydrogen-bond donors (Lipinski definition) is 1. The topological polar surface area (TPSA) is 90.2 Å². The first-order chi connectivity index (χ1) is 15.2. The Morgan fingerprint density at radius 2 is 1.47 bits per heavy atom. The van der Waals surface area contributed by atoms with E-state index in [9.17, 15) is 0 Å². The fourth-order valence-electron chi connectivity index (χ4n) is 2.40. The van der Waals surface area contributed by atoms with Crippen LogP contribution in [-0.4, -0.2) is 51.5 Å². The molecular formula is C22H27Cl2N4NaO3. The van der Waals surface area contributed by atoms with Gasteiger partial charge in [-0.3, -0.25) is 9.97 Å². The van der Waals surface area contributed by atoms with Crippen LogP contribution in [0.3, 0.4) is 0 Å². The first-order valence-electron chi connectivity index (χ1n) is 9.98. The van der Waals surface area contributed by atoms with Gasteiger partial charge in [0, 0.05) is 62.5 Å². The van der Waals surface area contributed by atoms with Crippen LogP contribution in [-0.2, 0) is 17.6 Å². The minimum Gasteiger partial charge on any atom is -1.00 e. The van der Waals surface area contributed by atoms with Gasteiger partial charge in [-0.05, 0) is 37.1 Å². The molecule has 4 rings (SSSR count). The van der Waals surface area contributed by atoms with E-state index >= 15 is 0 Å². The fraction of sp³-hybridized carbons (Fsp3) is 0.364. The molecule has 1 aliphatic rings. The molecule has 0 saturated carbocycles. The third kappa shape index (κ3) is 13.3. The number of ether oxygens (including phenoxy) is 2. The van der Waals surface area contributed by atoms with Gasteiger partial charge in [0.25, 0.3) is 0 Å². The van der Waals surface area contributed by atoms with Crippen molar-refractivity contribution in [3.8, 4) is 6.01 Å². The summed E-state index contributed by atoms with van der Waals surface area (Å²) in [6.07, 6.45) is 7.35. The standard InChI is InChI=1S/C11H9Cl2N3O.C7H9NO.C4H8O.Na.H/c12-9-7-10(13)16-11(15-9)17-6-4-8-3-1-2-5-14-8;9-6-4-7-3-1-2-5-8-7;1-2-4-5-3-1;;/h1-3,5,7H,4,6H2;1-3,5,9H,4,6H2;1-4H2;;/q;;;+1;-1. The Morgan fingerprint density at radius 3 is 1.91 bits per heavy atom. The molecule has 10 heteroatoms. The second-order valence-electron chi connectivity index (χ2n) is 6.33. The van der Waals surface area contributed by atoms with Crippen LogP contribution < -0.4 is 34.3 Å². The second kappa shape index (κ2) is 18.1. The molecule has 0 bridgehead atoms. The molecule has 0 aromatic carbocycles. The molecule has 0 amide bonds. The summed E-state index contributed by atoms with van der Waals surface area (Å²) in [5, 5.41) is 9.00. The van der Waals surface area contributed by atoms with Crippen molar-refractivity contribution in [2.45, 2.75) is 25.7 Å². The predicted octanol–water partition coefficient (Wildman–Crippen LogP) is 1.33. The minimum absolute atomic E-state index is 0. The Kier molecular flexibility index (Phi) is 16.3. The van der Waals surface area contributed by atoms with E-state index in [0.29, 0.717) is 19.4 Å². The van der Waals surface area contributed by atoms with Gasteiger partial charge in [0.05, 0.1) is 6.61 Å². The van der Waals surface area contributed by atoms with Crippen molar-refractivity contribution in [2.24, 2.45) is 0 Å². The summed E-state index contributed by atoms with van der Waals surface area (Å²) in [5.74, 6) is 0. The Balaban J connectivity index is 0.000000537. The van der Waals surface area contributed by atoms with Crippen molar-refractivity contribution in [2.75, 3.05) is 26.4 Å². The maximum absolute atomic E-state index is 8.48. The third-order valence-corrected chi connectivity index (χ3v) is 4.27. The maximum Gasteiger partial charge on any atom is 1.00 e. The van der Waals surface area contributed by atoms with E-state index in [4.69, 9.17) is 37.8 Å². The fourth-order valence-corrected chi connectivity index (χ4v) is 2.81. The van der Waals surface area contributed by atoms with Crippen molar-refractivity contribution in [1.29, 1.82) is 0 Å². The van der Waals surface area contributed by atoms with Gasteiger partial charge in [0.15, 0.2) is 0 Å². The molecular weight excluding hydrogens is 462 g/mol. The monoisotopic (exact) mass is 488 g/mol. The molecule has 3 aromatic heterocycles. The number of aromatic nitrogens is 4. The zero-order chi connectivity index (χ0) is 22.2. The quantitative estimate of drug-likeness (QED) is 0.413. The Bertz CT molecular complexity index is 839. The number of halogens is 2. The molecule has 1 saturated heterocycles. The van der Waals surface area contributed by atoms with Crippen LogP contribution in [0.2, 0.25) is 10.3 Å². The largest absolute Gasteiger partial charge is 1.00 e. The molecule has 32 heavy (non-hydrogen) atoms. The molecule has 0 atom stereocenters. The zero-order valence-corrected chi connectivity index (χ0v) is 21.7. The van der Waals surface area contributed by atoms with Crippen LogP contribution in [0.1, 0.15) is 25.7 Å². The zero-order valence-electron chi connectivity index (χ0n) is 19.2. The van der Waals surface area contributed by atoms with Gasteiger partial charge in [0.2, 0.25) is 0 Å². The van der Waals surface area contributed by atoms with E-state index in [-0.39, 0.29) is 53.9 Å². The molecule has 4 heterocycles. The molecule has 168 valence electrons. The summed E-state index contributed by atoms with van der Waals surface area (Å²) in [7, 11) is 0.